The summed E-state index contributed by atoms with van der Waals surface area (Å²) in [6.07, 6.45) is 0. The van der Waals surface area contributed by atoms with Gasteiger partial charge in [0, 0.05) is 17.8 Å². The lowest BCUT2D eigenvalue weighted by atomic mass is 9.51. The van der Waals surface area contributed by atoms with E-state index in [1.807, 2.05) is 0 Å². The van der Waals surface area contributed by atoms with E-state index in [9.17, 15) is 5.11 Å². The smallest absolute Gasteiger partial charge is 0.126 e. The van der Waals surface area contributed by atoms with Gasteiger partial charge in [0.05, 0.1) is 0 Å². The van der Waals surface area contributed by atoms with Crippen LogP contribution >= 0.6 is 0 Å². The zero-order valence-electron chi connectivity index (χ0n) is 15.9. The van der Waals surface area contributed by atoms with Gasteiger partial charge in [-0.2, -0.15) is 0 Å². The first kappa shape index (κ1) is 15.7. The second-order valence-corrected chi connectivity index (χ2v) is 8.59. The molecule has 4 aromatic rings. The van der Waals surface area contributed by atoms with Crippen molar-refractivity contribution in [2.24, 2.45) is 0 Å². The summed E-state index contributed by atoms with van der Waals surface area (Å²) in [5.41, 5.74) is 8.87. The van der Waals surface area contributed by atoms with Crippen LogP contribution < -0.4 is 0 Å². The predicted octanol–water partition coefficient (Wildman–Crippen LogP) is 5.66. The van der Waals surface area contributed by atoms with Gasteiger partial charge in [-0.3, -0.25) is 0 Å². The van der Waals surface area contributed by atoms with Crippen molar-refractivity contribution in [3.8, 4) is 0 Å². The van der Waals surface area contributed by atoms with Crippen LogP contribution in [0.5, 0.6) is 0 Å². The Hall–Kier alpha value is -3.16. The lowest BCUT2D eigenvalue weighted by Gasteiger charge is -2.53. The van der Waals surface area contributed by atoms with Crippen LogP contribution in [0, 0.1) is 0 Å². The molecule has 138 valence electrons. The zero-order valence-corrected chi connectivity index (χ0v) is 15.9. The third kappa shape index (κ3) is 1.72. The Bertz CT molecular complexity index is 1210. The molecule has 1 nitrogen and oxygen atoms in total. The van der Waals surface area contributed by atoms with E-state index in [0.29, 0.717) is 0 Å². The summed E-state index contributed by atoms with van der Waals surface area (Å²) < 4.78 is 0. The Morgan fingerprint density at radius 3 is 1.28 bits per heavy atom. The fourth-order valence-electron chi connectivity index (χ4n) is 6.47. The van der Waals surface area contributed by atoms with Gasteiger partial charge >= 0.3 is 0 Å². The quantitative estimate of drug-likeness (QED) is 0.422. The summed E-state index contributed by atoms with van der Waals surface area (Å²) in [4.78, 5) is 0. The minimum atomic E-state index is -1.08. The van der Waals surface area contributed by atoms with E-state index < -0.39 is 5.60 Å². The summed E-state index contributed by atoms with van der Waals surface area (Å²) in [5.74, 6) is 0.340. The highest BCUT2D eigenvalue weighted by molar-refractivity contribution is 5.69. The number of hydrogen-bond acceptors (Lipinski definition) is 1. The van der Waals surface area contributed by atoms with Crippen LogP contribution in [0.3, 0.4) is 0 Å². The third-order valence-electron chi connectivity index (χ3n) is 7.45. The average molecular weight is 372 g/mol. The fourth-order valence-corrected chi connectivity index (χ4v) is 6.47. The van der Waals surface area contributed by atoms with Crippen molar-refractivity contribution in [1.29, 1.82) is 0 Å². The summed E-state index contributed by atoms with van der Waals surface area (Å²) in [5, 5.41) is 12.7. The van der Waals surface area contributed by atoms with Gasteiger partial charge in [-0.15, -0.1) is 0 Å². The Balaban J connectivity index is 1.73. The standard InChI is InChI=1S/C28H20O/c29-28-23-15-7-5-13-21(23)26(22-14-6-8-16-24(22)28)25-17-9-1-3-11-19(17)27(28)20-12-4-2-10-18(20)25/h1-16,25-27,29H. The highest BCUT2D eigenvalue weighted by atomic mass is 16.3. The molecular weight excluding hydrogens is 352 g/mol. The van der Waals surface area contributed by atoms with Crippen LogP contribution in [0.15, 0.2) is 97.1 Å². The van der Waals surface area contributed by atoms with Crippen molar-refractivity contribution in [3.63, 3.8) is 0 Å². The Kier molecular flexibility index (Phi) is 2.85. The van der Waals surface area contributed by atoms with Crippen LogP contribution in [-0.4, -0.2) is 5.11 Å². The molecule has 29 heavy (non-hydrogen) atoms. The topological polar surface area (TPSA) is 20.2 Å². The first-order chi connectivity index (χ1) is 14.3. The first-order valence-electron chi connectivity index (χ1n) is 10.4. The molecule has 6 aliphatic rings. The summed E-state index contributed by atoms with van der Waals surface area (Å²) in [7, 11) is 0. The van der Waals surface area contributed by atoms with Crippen LogP contribution in [0.1, 0.15) is 62.3 Å². The van der Waals surface area contributed by atoms with Crippen molar-refractivity contribution in [2.45, 2.75) is 23.4 Å². The van der Waals surface area contributed by atoms with Crippen LogP contribution in [0.25, 0.3) is 0 Å². The number of aliphatic hydroxyl groups is 1. The van der Waals surface area contributed by atoms with Gasteiger partial charge in [-0.25, -0.2) is 0 Å². The molecule has 0 spiro atoms. The van der Waals surface area contributed by atoms with Gasteiger partial charge in [0.25, 0.3) is 0 Å². The van der Waals surface area contributed by atoms with E-state index in [0.717, 1.165) is 11.1 Å². The lowest BCUT2D eigenvalue weighted by Crippen LogP contribution is -2.47. The Labute approximate surface area is 170 Å². The van der Waals surface area contributed by atoms with Crippen LogP contribution in [0.2, 0.25) is 0 Å². The minimum Gasteiger partial charge on any atom is -0.379 e. The van der Waals surface area contributed by atoms with Gasteiger partial charge in [-0.05, 0) is 44.5 Å². The molecule has 0 unspecified atom stereocenters. The predicted molar refractivity (Wildman–Crippen MR) is 114 cm³/mol. The maximum atomic E-state index is 12.7. The molecule has 0 fully saturated rings. The van der Waals surface area contributed by atoms with Crippen molar-refractivity contribution in [3.05, 3.63) is 142 Å². The van der Waals surface area contributed by atoms with Gasteiger partial charge in [0.1, 0.15) is 5.60 Å². The molecule has 1 heteroatoms. The third-order valence-corrected chi connectivity index (χ3v) is 7.45. The first-order valence-corrected chi connectivity index (χ1v) is 10.4. The van der Waals surface area contributed by atoms with Crippen molar-refractivity contribution in [2.75, 3.05) is 0 Å². The number of rotatable bonds is 0. The highest BCUT2D eigenvalue weighted by Gasteiger charge is 2.56. The highest BCUT2D eigenvalue weighted by Crippen LogP contribution is 2.65. The summed E-state index contributed by atoms with van der Waals surface area (Å²) in [6, 6.07) is 34.7. The normalized spacial score (nSPS) is 27.3. The molecule has 0 atom stereocenters. The van der Waals surface area contributed by atoms with Crippen molar-refractivity contribution in [1.82, 2.24) is 0 Å². The van der Waals surface area contributed by atoms with Crippen molar-refractivity contribution < 1.29 is 5.11 Å². The van der Waals surface area contributed by atoms with Crippen molar-refractivity contribution >= 4 is 0 Å². The monoisotopic (exact) mass is 372 g/mol. The molecule has 10 rings (SSSR count). The van der Waals surface area contributed by atoms with E-state index in [-0.39, 0.29) is 17.8 Å². The molecule has 4 bridgehead atoms. The van der Waals surface area contributed by atoms with E-state index >= 15 is 0 Å². The Morgan fingerprint density at radius 2 is 0.793 bits per heavy atom. The van der Waals surface area contributed by atoms with Crippen LogP contribution in [0.4, 0.5) is 0 Å². The van der Waals surface area contributed by atoms with E-state index in [1.165, 1.54) is 33.4 Å². The summed E-state index contributed by atoms with van der Waals surface area (Å²) >= 11 is 0. The molecule has 0 aromatic heterocycles. The maximum Gasteiger partial charge on any atom is 0.126 e. The Morgan fingerprint density at radius 1 is 0.448 bits per heavy atom. The van der Waals surface area contributed by atoms with E-state index in [1.54, 1.807) is 0 Å². The number of hydrogen-bond donors (Lipinski definition) is 1. The summed E-state index contributed by atoms with van der Waals surface area (Å²) in [6.45, 7) is 0. The number of benzene rings is 4. The molecule has 0 aliphatic heterocycles. The fraction of sp³-hybridized carbons (Fsp3) is 0.143. The van der Waals surface area contributed by atoms with Gasteiger partial charge in [0.2, 0.25) is 0 Å². The molecule has 0 heterocycles. The second-order valence-electron chi connectivity index (χ2n) is 8.59. The molecule has 0 saturated carbocycles. The molecule has 0 saturated heterocycles. The molecular formula is C28H20O. The second kappa shape index (κ2) is 5.25. The molecule has 0 radical (unpaired) electrons. The van der Waals surface area contributed by atoms with Crippen LogP contribution in [-0.2, 0) is 5.60 Å². The average Bonchev–Trinajstić information content (AvgIpc) is 2.77. The zero-order chi connectivity index (χ0) is 19.2. The minimum absolute atomic E-state index is 0.116. The maximum absolute atomic E-state index is 12.7. The SMILES string of the molecule is OC12c3ccccc3C(c3ccccc31)C1c3ccccc3C2c2ccccc21. The molecule has 0 amide bonds. The van der Waals surface area contributed by atoms with Gasteiger partial charge < -0.3 is 5.11 Å². The molecule has 6 aliphatic carbocycles. The molecule has 1 N–H and O–H groups in total. The lowest BCUT2D eigenvalue weighted by molar-refractivity contribution is 0.0517. The largest absolute Gasteiger partial charge is 0.379 e. The van der Waals surface area contributed by atoms with E-state index in [2.05, 4.69) is 97.1 Å². The van der Waals surface area contributed by atoms with Gasteiger partial charge in [-0.1, -0.05) is 97.1 Å². The van der Waals surface area contributed by atoms with E-state index in [4.69, 9.17) is 0 Å². The van der Waals surface area contributed by atoms with Gasteiger partial charge in [0.15, 0.2) is 0 Å². The molecule has 4 aromatic carbocycles.